The molecule has 110 valence electrons. The topological polar surface area (TPSA) is 49.4 Å². The third-order valence-electron chi connectivity index (χ3n) is 3.90. The van der Waals surface area contributed by atoms with Crippen molar-refractivity contribution >= 4 is 23.2 Å². The molecule has 0 aromatic carbocycles. The van der Waals surface area contributed by atoms with Gasteiger partial charge in [-0.3, -0.25) is 9.59 Å². The van der Waals surface area contributed by atoms with Crippen LogP contribution in [0.3, 0.4) is 0 Å². The van der Waals surface area contributed by atoms with Gasteiger partial charge in [0.25, 0.3) is 0 Å². The van der Waals surface area contributed by atoms with Crippen molar-refractivity contribution in [1.82, 2.24) is 10.2 Å². The van der Waals surface area contributed by atoms with Crippen LogP contribution in [0.4, 0.5) is 0 Å². The summed E-state index contributed by atoms with van der Waals surface area (Å²) in [7, 11) is 0. The molecule has 2 heterocycles. The summed E-state index contributed by atoms with van der Waals surface area (Å²) in [4.78, 5) is 27.6. The van der Waals surface area contributed by atoms with Crippen molar-refractivity contribution in [1.29, 1.82) is 0 Å². The summed E-state index contributed by atoms with van der Waals surface area (Å²) >= 11 is 1.67. The third-order valence-corrected chi connectivity index (χ3v) is 4.85. The Morgan fingerprint density at radius 2 is 2.00 bits per heavy atom. The molecular formula is C15H22N2O2S. The lowest BCUT2D eigenvalue weighted by molar-refractivity contribution is -0.150. The molecule has 0 radical (unpaired) electrons. The van der Waals surface area contributed by atoms with Gasteiger partial charge in [0, 0.05) is 4.88 Å². The highest BCUT2D eigenvalue weighted by atomic mass is 32.1. The smallest absolute Gasteiger partial charge is 0.246 e. The van der Waals surface area contributed by atoms with Gasteiger partial charge in [0.15, 0.2) is 0 Å². The Kier molecular flexibility index (Phi) is 4.81. The number of carbonyl (C=O) groups excluding carboxylic acids is 2. The fourth-order valence-electron chi connectivity index (χ4n) is 2.67. The second kappa shape index (κ2) is 6.39. The van der Waals surface area contributed by atoms with E-state index in [1.807, 2.05) is 13.8 Å². The fraction of sp³-hybridized carbons (Fsp3) is 0.600. The minimum absolute atomic E-state index is 0.0199. The highest BCUT2D eigenvalue weighted by Crippen LogP contribution is 2.24. The van der Waals surface area contributed by atoms with Gasteiger partial charge < -0.3 is 10.2 Å². The zero-order chi connectivity index (χ0) is 14.7. The lowest BCUT2D eigenvalue weighted by atomic mass is 10.0. The number of hydrogen-bond donors (Lipinski definition) is 1. The number of thiophene rings is 1. The minimum Gasteiger partial charge on any atom is -0.343 e. The van der Waals surface area contributed by atoms with Crippen molar-refractivity contribution in [2.45, 2.75) is 58.7 Å². The van der Waals surface area contributed by atoms with E-state index in [4.69, 9.17) is 0 Å². The van der Waals surface area contributed by atoms with Crippen molar-refractivity contribution in [3.05, 3.63) is 21.9 Å². The monoisotopic (exact) mass is 294 g/mol. The van der Waals surface area contributed by atoms with E-state index < -0.39 is 0 Å². The molecule has 2 unspecified atom stereocenters. The standard InChI is InChI=1S/C15H22N2O2S/c1-4-10-7-8-20-13(10)9-17-12(6-3)14(18)16-11(5-2)15(17)19/h7-8,11-12H,4-6,9H2,1-3H3,(H,16,18). The molecule has 2 atom stereocenters. The Balaban J connectivity index is 2.25. The fourth-order valence-corrected chi connectivity index (χ4v) is 3.64. The summed E-state index contributed by atoms with van der Waals surface area (Å²) in [6.45, 7) is 6.55. The molecule has 0 spiro atoms. The van der Waals surface area contributed by atoms with Crippen molar-refractivity contribution in [2.75, 3.05) is 0 Å². The molecule has 1 aromatic heterocycles. The number of nitrogens with one attached hydrogen (secondary N) is 1. The number of piperazine rings is 1. The number of amides is 2. The SMILES string of the molecule is CCc1ccsc1CN1C(=O)C(CC)NC(=O)C1CC. The van der Waals surface area contributed by atoms with E-state index in [0.29, 0.717) is 19.4 Å². The average Bonchev–Trinajstić information content (AvgIpc) is 2.90. The van der Waals surface area contributed by atoms with Gasteiger partial charge >= 0.3 is 0 Å². The Labute approximate surface area is 124 Å². The summed E-state index contributed by atoms with van der Waals surface area (Å²) in [6.07, 6.45) is 2.25. The van der Waals surface area contributed by atoms with Crippen molar-refractivity contribution in [2.24, 2.45) is 0 Å². The van der Waals surface area contributed by atoms with Gasteiger partial charge in [0.2, 0.25) is 11.8 Å². The van der Waals surface area contributed by atoms with Crippen molar-refractivity contribution in [3.8, 4) is 0 Å². The van der Waals surface area contributed by atoms with Crippen molar-refractivity contribution in [3.63, 3.8) is 0 Å². The Bertz CT molecular complexity index is 498. The second-order valence-corrected chi connectivity index (χ2v) is 6.08. The molecule has 0 bridgehead atoms. The molecule has 1 aliphatic rings. The highest BCUT2D eigenvalue weighted by Gasteiger charge is 2.38. The van der Waals surface area contributed by atoms with Crippen LogP contribution < -0.4 is 5.32 Å². The Morgan fingerprint density at radius 1 is 1.25 bits per heavy atom. The van der Waals surface area contributed by atoms with Crippen LogP contribution in [0.25, 0.3) is 0 Å². The molecule has 1 N–H and O–H groups in total. The van der Waals surface area contributed by atoms with Gasteiger partial charge in [-0.15, -0.1) is 11.3 Å². The molecule has 1 aromatic rings. The van der Waals surface area contributed by atoms with Gasteiger partial charge in [0.1, 0.15) is 12.1 Å². The van der Waals surface area contributed by atoms with E-state index in [2.05, 4.69) is 23.7 Å². The van der Waals surface area contributed by atoms with Crippen LogP contribution in [-0.2, 0) is 22.6 Å². The molecule has 2 rings (SSSR count). The second-order valence-electron chi connectivity index (χ2n) is 5.08. The molecule has 1 saturated heterocycles. The zero-order valence-corrected chi connectivity index (χ0v) is 13.1. The van der Waals surface area contributed by atoms with Crippen LogP contribution in [-0.4, -0.2) is 28.8 Å². The Morgan fingerprint density at radius 3 is 2.60 bits per heavy atom. The molecule has 0 saturated carbocycles. The van der Waals surface area contributed by atoms with E-state index in [1.54, 1.807) is 16.2 Å². The maximum atomic E-state index is 12.5. The van der Waals surface area contributed by atoms with Gasteiger partial charge in [-0.05, 0) is 36.3 Å². The van der Waals surface area contributed by atoms with Crippen molar-refractivity contribution < 1.29 is 9.59 Å². The molecule has 2 amide bonds. The largest absolute Gasteiger partial charge is 0.343 e. The summed E-state index contributed by atoms with van der Waals surface area (Å²) in [5.74, 6) is 0.0305. The number of rotatable bonds is 5. The van der Waals surface area contributed by atoms with Gasteiger partial charge in [0.05, 0.1) is 6.54 Å². The number of aryl methyl sites for hydroxylation is 1. The Hall–Kier alpha value is -1.36. The van der Waals surface area contributed by atoms with Gasteiger partial charge in [-0.2, -0.15) is 0 Å². The highest BCUT2D eigenvalue weighted by molar-refractivity contribution is 7.10. The first-order valence-corrected chi connectivity index (χ1v) is 8.16. The summed E-state index contributed by atoms with van der Waals surface area (Å²) in [5.41, 5.74) is 1.27. The summed E-state index contributed by atoms with van der Waals surface area (Å²) < 4.78 is 0. The molecule has 4 nitrogen and oxygen atoms in total. The predicted molar refractivity (Wildman–Crippen MR) is 80.5 cm³/mol. The summed E-state index contributed by atoms with van der Waals surface area (Å²) in [5, 5.41) is 4.88. The molecule has 0 aliphatic carbocycles. The maximum absolute atomic E-state index is 12.5. The molecule has 1 aliphatic heterocycles. The third kappa shape index (κ3) is 2.73. The first kappa shape index (κ1) is 15.0. The lowest BCUT2D eigenvalue weighted by Gasteiger charge is -2.38. The molecular weight excluding hydrogens is 272 g/mol. The zero-order valence-electron chi connectivity index (χ0n) is 12.3. The van der Waals surface area contributed by atoms with Crippen LogP contribution >= 0.6 is 11.3 Å². The van der Waals surface area contributed by atoms with E-state index >= 15 is 0 Å². The average molecular weight is 294 g/mol. The van der Waals surface area contributed by atoms with E-state index in [0.717, 1.165) is 6.42 Å². The predicted octanol–water partition coefficient (Wildman–Crippen LogP) is 2.33. The van der Waals surface area contributed by atoms with Crippen LogP contribution in [0.5, 0.6) is 0 Å². The van der Waals surface area contributed by atoms with E-state index in [9.17, 15) is 9.59 Å². The summed E-state index contributed by atoms with van der Waals surface area (Å²) in [6, 6.07) is 1.40. The number of hydrogen-bond acceptors (Lipinski definition) is 3. The number of nitrogens with zero attached hydrogens (tertiary/aromatic N) is 1. The molecule has 20 heavy (non-hydrogen) atoms. The number of carbonyl (C=O) groups is 2. The molecule has 1 fully saturated rings. The maximum Gasteiger partial charge on any atom is 0.246 e. The first-order chi connectivity index (χ1) is 9.62. The van der Waals surface area contributed by atoms with Crippen LogP contribution in [0.1, 0.15) is 44.1 Å². The van der Waals surface area contributed by atoms with Crippen LogP contribution in [0.2, 0.25) is 0 Å². The van der Waals surface area contributed by atoms with E-state index in [1.165, 1.54) is 10.4 Å². The van der Waals surface area contributed by atoms with E-state index in [-0.39, 0.29) is 23.9 Å². The van der Waals surface area contributed by atoms with Gasteiger partial charge in [-0.1, -0.05) is 20.8 Å². The quantitative estimate of drug-likeness (QED) is 0.906. The van der Waals surface area contributed by atoms with Gasteiger partial charge in [-0.25, -0.2) is 0 Å². The lowest BCUT2D eigenvalue weighted by Crippen LogP contribution is -2.62. The van der Waals surface area contributed by atoms with Crippen LogP contribution in [0.15, 0.2) is 11.4 Å². The molecule has 5 heteroatoms. The normalized spacial score (nSPS) is 23.1. The first-order valence-electron chi connectivity index (χ1n) is 7.28. The minimum atomic E-state index is -0.365. The van der Waals surface area contributed by atoms with Crippen LogP contribution in [0, 0.1) is 0 Å².